The third-order valence-electron chi connectivity index (χ3n) is 2.08. The zero-order chi connectivity index (χ0) is 12.8. The van der Waals surface area contributed by atoms with Crippen LogP contribution in [0, 0.1) is 0 Å². The number of rotatable bonds is 5. The number of hydrogen-bond acceptors (Lipinski definition) is 2. The van der Waals surface area contributed by atoms with Gasteiger partial charge in [0.1, 0.15) is 12.4 Å². The molecule has 0 bridgehead atoms. The predicted octanol–water partition coefficient (Wildman–Crippen LogP) is 3.31. The molecular formula is C13H15ClO3. The molecule has 1 N–H and O–H groups in total. The highest BCUT2D eigenvalue weighted by Gasteiger charge is 2.05. The molecule has 3 nitrogen and oxygen atoms in total. The third kappa shape index (κ3) is 4.91. The first-order valence-electron chi connectivity index (χ1n) is 5.25. The minimum Gasteiger partial charge on any atom is -0.488 e. The van der Waals surface area contributed by atoms with Crippen molar-refractivity contribution >= 4 is 17.6 Å². The maximum atomic E-state index is 10.5. The molecule has 4 heteroatoms. The molecule has 0 aromatic heterocycles. The van der Waals surface area contributed by atoms with Crippen LogP contribution in [0.5, 0.6) is 5.75 Å². The summed E-state index contributed by atoms with van der Waals surface area (Å²) in [5.74, 6) is -0.308. The van der Waals surface area contributed by atoms with Crippen LogP contribution in [-0.4, -0.2) is 17.7 Å². The SMILES string of the molecule is CC(C)=CCOc1ccc(CC(=O)O)cc1Cl. The summed E-state index contributed by atoms with van der Waals surface area (Å²) in [6.07, 6.45) is 1.91. The van der Waals surface area contributed by atoms with Gasteiger partial charge in [0.2, 0.25) is 0 Å². The smallest absolute Gasteiger partial charge is 0.307 e. The zero-order valence-corrected chi connectivity index (χ0v) is 10.6. The highest BCUT2D eigenvalue weighted by atomic mass is 35.5. The lowest BCUT2D eigenvalue weighted by molar-refractivity contribution is -0.136. The molecule has 17 heavy (non-hydrogen) atoms. The van der Waals surface area contributed by atoms with Crippen molar-refractivity contribution in [3.8, 4) is 5.75 Å². The Labute approximate surface area is 106 Å². The van der Waals surface area contributed by atoms with E-state index in [9.17, 15) is 4.79 Å². The van der Waals surface area contributed by atoms with Gasteiger partial charge in [-0.05, 0) is 37.6 Å². The van der Waals surface area contributed by atoms with E-state index in [0.717, 1.165) is 0 Å². The van der Waals surface area contributed by atoms with Gasteiger partial charge < -0.3 is 9.84 Å². The second-order valence-electron chi connectivity index (χ2n) is 3.93. The minimum atomic E-state index is -0.876. The number of allylic oxidation sites excluding steroid dienone is 1. The second-order valence-corrected chi connectivity index (χ2v) is 4.33. The number of carbonyl (C=O) groups is 1. The summed E-state index contributed by atoms with van der Waals surface area (Å²) in [6, 6.07) is 5.02. The highest BCUT2D eigenvalue weighted by molar-refractivity contribution is 6.32. The van der Waals surface area contributed by atoms with E-state index in [1.54, 1.807) is 18.2 Å². The average Bonchev–Trinajstić information content (AvgIpc) is 2.20. The van der Waals surface area contributed by atoms with Gasteiger partial charge >= 0.3 is 5.97 Å². The van der Waals surface area contributed by atoms with Crippen LogP contribution in [-0.2, 0) is 11.2 Å². The van der Waals surface area contributed by atoms with Crippen LogP contribution in [0.3, 0.4) is 0 Å². The predicted molar refractivity (Wildman–Crippen MR) is 67.7 cm³/mol. The van der Waals surface area contributed by atoms with Crippen LogP contribution in [0.4, 0.5) is 0 Å². The molecule has 0 unspecified atom stereocenters. The fraction of sp³-hybridized carbons (Fsp3) is 0.308. The summed E-state index contributed by atoms with van der Waals surface area (Å²) in [7, 11) is 0. The van der Waals surface area contributed by atoms with E-state index in [0.29, 0.717) is 22.9 Å². The largest absolute Gasteiger partial charge is 0.488 e. The molecule has 1 aromatic carbocycles. The maximum absolute atomic E-state index is 10.5. The van der Waals surface area contributed by atoms with E-state index in [-0.39, 0.29) is 6.42 Å². The van der Waals surface area contributed by atoms with Gasteiger partial charge in [-0.1, -0.05) is 23.2 Å². The number of carboxylic acid groups (broad SMARTS) is 1. The summed E-state index contributed by atoms with van der Waals surface area (Å²) >= 11 is 5.99. The van der Waals surface area contributed by atoms with Crippen LogP contribution < -0.4 is 4.74 Å². The summed E-state index contributed by atoms with van der Waals surface area (Å²) in [5, 5.41) is 9.08. The Morgan fingerprint density at radius 3 is 2.71 bits per heavy atom. The van der Waals surface area contributed by atoms with Gasteiger partial charge in [-0.15, -0.1) is 0 Å². The normalized spacial score (nSPS) is 9.82. The van der Waals surface area contributed by atoms with Crippen LogP contribution in [0.15, 0.2) is 29.8 Å². The van der Waals surface area contributed by atoms with Crippen molar-refractivity contribution in [2.45, 2.75) is 20.3 Å². The van der Waals surface area contributed by atoms with Crippen LogP contribution in [0.2, 0.25) is 5.02 Å². The van der Waals surface area contributed by atoms with Crippen molar-refractivity contribution in [3.63, 3.8) is 0 Å². The van der Waals surface area contributed by atoms with Gasteiger partial charge in [0.05, 0.1) is 11.4 Å². The molecule has 0 amide bonds. The zero-order valence-electron chi connectivity index (χ0n) is 9.87. The molecule has 0 aliphatic heterocycles. The van der Waals surface area contributed by atoms with Crippen molar-refractivity contribution in [2.75, 3.05) is 6.61 Å². The van der Waals surface area contributed by atoms with Crippen molar-refractivity contribution in [3.05, 3.63) is 40.4 Å². The van der Waals surface area contributed by atoms with Crippen LogP contribution in [0.25, 0.3) is 0 Å². The lowest BCUT2D eigenvalue weighted by atomic mass is 10.1. The molecular weight excluding hydrogens is 240 g/mol. The lowest BCUT2D eigenvalue weighted by Gasteiger charge is -2.07. The average molecular weight is 255 g/mol. The van der Waals surface area contributed by atoms with E-state index in [2.05, 4.69) is 0 Å². The Balaban J connectivity index is 2.69. The summed E-state index contributed by atoms with van der Waals surface area (Å²) in [6.45, 7) is 4.43. The van der Waals surface area contributed by atoms with E-state index < -0.39 is 5.97 Å². The monoisotopic (exact) mass is 254 g/mol. The molecule has 0 fully saturated rings. The lowest BCUT2D eigenvalue weighted by Crippen LogP contribution is -2.00. The Morgan fingerprint density at radius 2 is 2.18 bits per heavy atom. The number of benzene rings is 1. The fourth-order valence-corrected chi connectivity index (χ4v) is 1.50. The van der Waals surface area contributed by atoms with Crippen molar-refractivity contribution in [1.29, 1.82) is 0 Å². The van der Waals surface area contributed by atoms with Gasteiger partial charge in [-0.3, -0.25) is 4.79 Å². The molecule has 0 atom stereocenters. The molecule has 0 aliphatic rings. The number of ether oxygens (including phenoxy) is 1. The summed E-state index contributed by atoms with van der Waals surface area (Å²) in [4.78, 5) is 10.5. The number of aliphatic carboxylic acids is 1. The number of carboxylic acids is 1. The molecule has 0 heterocycles. The number of halogens is 1. The topological polar surface area (TPSA) is 46.5 Å². The Hall–Kier alpha value is -1.48. The van der Waals surface area contributed by atoms with E-state index in [4.69, 9.17) is 21.4 Å². The van der Waals surface area contributed by atoms with Crippen molar-refractivity contribution < 1.29 is 14.6 Å². The van der Waals surface area contributed by atoms with Gasteiger partial charge in [-0.2, -0.15) is 0 Å². The minimum absolute atomic E-state index is 0.0338. The van der Waals surface area contributed by atoms with Gasteiger partial charge in [0.15, 0.2) is 0 Å². The molecule has 0 spiro atoms. The maximum Gasteiger partial charge on any atom is 0.307 e. The first-order chi connectivity index (χ1) is 7.99. The van der Waals surface area contributed by atoms with Crippen LogP contribution in [0.1, 0.15) is 19.4 Å². The fourth-order valence-electron chi connectivity index (χ4n) is 1.24. The van der Waals surface area contributed by atoms with Gasteiger partial charge in [-0.25, -0.2) is 0 Å². The molecule has 0 radical (unpaired) electrons. The molecule has 0 aliphatic carbocycles. The van der Waals surface area contributed by atoms with E-state index in [1.807, 2.05) is 19.9 Å². The van der Waals surface area contributed by atoms with E-state index >= 15 is 0 Å². The first kappa shape index (κ1) is 13.6. The quantitative estimate of drug-likeness (QED) is 0.820. The summed E-state index contributed by atoms with van der Waals surface area (Å²) < 4.78 is 5.45. The van der Waals surface area contributed by atoms with Crippen molar-refractivity contribution in [1.82, 2.24) is 0 Å². The second kappa shape index (κ2) is 6.30. The first-order valence-corrected chi connectivity index (χ1v) is 5.63. The highest BCUT2D eigenvalue weighted by Crippen LogP contribution is 2.25. The molecule has 1 aromatic rings. The molecule has 0 saturated heterocycles. The molecule has 1 rings (SSSR count). The van der Waals surface area contributed by atoms with Gasteiger partial charge in [0.25, 0.3) is 0 Å². The Morgan fingerprint density at radius 1 is 1.47 bits per heavy atom. The molecule has 0 saturated carbocycles. The van der Waals surface area contributed by atoms with Crippen molar-refractivity contribution in [2.24, 2.45) is 0 Å². The van der Waals surface area contributed by atoms with Gasteiger partial charge in [0, 0.05) is 0 Å². The Bertz CT molecular complexity index is 434. The molecule has 92 valence electrons. The Kier molecular flexibility index (Phi) is 5.04. The van der Waals surface area contributed by atoms with Crippen LogP contribution >= 0.6 is 11.6 Å². The summed E-state index contributed by atoms with van der Waals surface area (Å²) in [5.41, 5.74) is 1.83. The van der Waals surface area contributed by atoms with E-state index in [1.165, 1.54) is 5.57 Å². The number of hydrogen-bond donors (Lipinski definition) is 1. The standard InChI is InChI=1S/C13H15ClO3/c1-9(2)5-6-17-12-4-3-10(7-11(12)14)8-13(15)16/h3-5,7H,6,8H2,1-2H3,(H,15,16). The third-order valence-corrected chi connectivity index (χ3v) is 2.38.